The number of halogens is 3. The van der Waals surface area contributed by atoms with E-state index in [2.05, 4.69) is 15.0 Å². The lowest BCUT2D eigenvalue weighted by Gasteiger charge is -2.34. The molecule has 0 aliphatic carbocycles. The molecule has 1 amide bonds. The standard InChI is InChI=1S/C20H17Cl2FN4O2/c21-16-5-4-14(11-17(16)22)20(28)27-8-6-26(7-9-27)12-18-24-19(29-25-18)13-2-1-3-15(23)10-13/h1-5,10-11H,6-9,12H2. The summed E-state index contributed by atoms with van der Waals surface area (Å²) in [5.41, 5.74) is 1.06. The summed E-state index contributed by atoms with van der Waals surface area (Å²) < 4.78 is 18.6. The Labute approximate surface area is 176 Å². The molecule has 0 bridgehead atoms. The third-order valence-electron chi connectivity index (χ3n) is 4.73. The van der Waals surface area contributed by atoms with E-state index in [1.54, 1.807) is 35.2 Å². The smallest absolute Gasteiger partial charge is 0.258 e. The van der Waals surface area contributed by atoms with E-state index in [-0.39, 0.29) is 17.6 Å². The largest absolute Gasteiger partial charge is 0.336 e. The van der Waals surface area contributed by atoms with Crippen LogP contribution in [0.1, 0.15) is 16.2 Å². The molecule has 6 nitrogen and oxygen atoms in total. The van der Waals surface area contributed by atoms with Crippen LogP contribution in [0.3, 0.4) is 0 Å². The van der Waals surface area contributed by atoms with Crippen molar-refractivity contribution in [1.82, 2.24) is 19.9 Å². The first kappa shape index (κ1) is 19.8. The van der Waals surface area contributed by atoms with E-state index in [4.69, 9.17) is 27.7 Å². The molecule has 1 aromatic heterocycles. The molecule has 2 heterocycles. The number of amides is 1. The van der Waals surface area contributed by atoms with Gasteiger partial charge in [-0.25, -0.2) is 4.39 Å². The molecule has 0 atom stereocenters. The Hall–Kier alpha value is -2.48. The third-order valence-corrected chi connectivity index (χ3v) is 5.47. The Kier molecular flexibility index (Phi) is 5.80. The molecule has 1 fully saturated rings. The Bertz CT molecular complexity index is 1030. The van der Waals surface area contributed by atoms with E-state index in [0.717, 1.165) is 0 Å². The van der Waals surface area contributed by atoms with Crippen molar-refractivity contribution in [2.24, 2.45) is 0 Å². The molecule has 9 heteroatoms. The average Bonchev–Trinajstić information content (AvgIpc) is 3.19. The fourth-order valence-corrected chi connectivity index (χ4v) is 3.48. The maximum atomic E-state index is 13.4. The van der Waals surface area contributed by atoms with Gasteiger partial charge in [0.05, 0.1) is 16.6 Å². The van der Waals surface area contributed by atoms with Crippen LogP contribution in [-0.2, 0) is 6.54 Å². The number of carbonyl (C=O) groups is 1. The molecule has 0 unspecified atom stereocenters. The van der Waals surface area contributed by atoms with E-state index in [0.29, 0.717) is 59.7 Å². The van der Waals surface area contributed by atoms with Gasteiger partial charge < -0.3 is 9.42 Å². The molecule has 0 spiro atoms. The molecule has 29 heavy (non-hydrogen) atoms. The number of aromatic nitrogens is 2. The van der Waals surface area contributed by atoms with Crippen LogP contribution in [0.4, 0.5) is 4.39 Å². The summed E-state index contributed by atoms with van der Waals surface area (Å²) >= 11 is 11.9. The van der Waals surface area contributed by atoms with E-state index in [1.807, 2.05) is 0 Å². The first-order chi connectivity index (χ1) is 14.0. The van der Waals surface area contributed by atoms with Crippen LogP contribution in [0.5, 0.6) is 0 Å². The van der Waals surface area contributed by atoms with Gasteiger partial charge in [-0.2, -0.15) is 4.98 Å². The second kappa shape index (κ2) is 8.49. The lowest BCUT2D eigenvalue weighted by Crippen LogP contribution is -2.48. The minimum absolute atomic E-state index is 0.0730. The fraction of sp³-hybridized carbons (Fsp3) is 0.250. The second-order valence-corrected chi connectivity index (χ2v) is 7.54. The first-order valence-electron chi connectivity index (χ1n) is 9.05. The molecule has 1 saturated heterocycles. The molecule has 2 aromatic carbocycles. The molecular weight excluding hydrogens is 418 g/mol. The first-order valence-corrected chi connectivity index (χ1v) is 9.80. The molecule has 3 aromatic rings. The summed E-state index contributed by atoms with van der Waals surface area (Å²) in [5.74, 6) is 0.377. The Balaban J connectivity index is 1.34. The summed E-state index contributed by atoms with van der Waals surface area (Å²) in [5, 5.41) is 4.76. The van der Waals surface area contributed by atoms with Gasteiger partial charge >= 0.3 is 0 Å². The summed E-state index contributed by atoms with van der Waals surface area (Å²) in [6.45, 7) is 3.00. The lowest BCUT2D eigenvalue weighted by atomic mass is 10.2. The van der Waals surface area contributed by atoms with Gasteiger partial charge in [0, 0.05) is 37.3 Å². The Morgan fingerprint density at radius 2 is 1.86 bits per heavy atom. The summed E-state index contributed by atoms with van der Waals surface area (Å²) in [6.07, 6.45) is 0. The number of benzene rings is 2. The molecule has 1 aliphatic heterocycles. The van der Waals surface area contributed by atoms with Crippen LogP contribution in [0.15, 0.2) is 47.0 Å². The summed E-state index contributed by atoms with van der Waals surface area (Å²) in [6, 6.07) is 10.9. The molecule has 0 N–H and O–H groups in total. The van der Waals surface area contributed by atoms with Gasteiger partial charge in [-0.15, -0.1) is 0 Å². The monoisotopic (exact) mass is 434 g/mol. The number of piperazine rings is 1. The SMILES string of the molecule is O=C(c1ccc(Cl)c(Cl)c1)N1CCN(Cc2noc(-c3cccc(F)c3)n2)CC1. The van der Waals surface area contributed by atoms with Gasteiger partial charge in [-0.3, -0.25) is 9.69 Å². The van der Waals surface area contributed by atoms with Crippen LogP contribution >= 0.6 is 23.2 Å². The van der Waals surface area contributed by atoms with Crippen molar-refractivity contribution < 1.29 is 13.7 Å². The molecular formula is C20H17Cl2FN4O2. The van der Waals surface area contributed by atoms with Gasteiger partial charge in [0.15, 0.2) is 5.82 Å². The van der Waals surface area contributed by atoms with Crippen molar-refractivity contribution >= 4 is 29.1 Å². The van der Waals surface area contributed by atoms with E-state index >= 15 is 0 Å². The molecule has 0 saturated carbocycles. The normalized spacial score (nSPS) is 14.9. The zero-order valence-corrected chi connectivity index (χ0v) is 16.8. The number of nitrogens with zero attached hydrogens (tertiary/aromatic N) is 4. The Morgan fingerprint density at radius 3 is 2.59 bits per heavy atom. The van der Waals surface area contributed by atoms with Crippen LogP contribution < -0.4 is 0 Å². The fourth-order valence-electron chi connectivity index (χ4n) is 3.18. The highest BCUT2D eigenvalue weighted by molar-refractivity contribution is 6.42. The highest BCUT2D eigenvalue weighted by Crippen LogP contribution is 2.24. The van der Waals surface area contributed by atoms with Gasteiger partial charge in [0.2, 0.25) is 0 Å². The maximum absolute atomic E-state index is 13.4. The summed E-state index contributed by atoms with van der Waals surface area (Å²) in [7, 11) is 0. The van der Waals surface area contributed by atoms with Crippen LogP contribution in [-0.4, -0.2) is 52.0 Å². The van der Waals surface area contributed by atoms with Crippen molar-refractivity contribution in [3.63, 3.8) is 0 Å². The highest BCUT2D eigenvalue weighted by Gasteiger charge is 2.23. The number of hydrogen-bond donors (Lipinski definition) is 0. The van der Waals surface area contributed by atoms with Crippen LogP contribution in [0.2, 0.25) is 10.0 Å². The number of hydrogen-bond acceptors (Lipinski definition) is 5. The maximum Gasteiger partial charge on any atom is 0.258 e. The minimum atomic E-state index is -0.356. The van der Waals surface area contributed by atoms with E-state index < -0.39 is 0 Å². The zero-order valence-electron chi connectivity index (χ0n) is 15.3. The van der Waals surface area contributed by atoms with Crippen LogP contribution in [0, 0.1) is 5.82 Å². The predicted octanol–water partition coefficient (Wildman–Crippen LogP) is 4.14. The quantitative estimate of drug-likeness (QED) is 0.617. The molecule has 4 rings (SSSR count). The minimum Gasteiger partial charge on any atom is -0.336 e. The van der Waals surface area contributed by atoms with Gasteiger partial charge in [-0.1, -0.05) is 34.4 Å². The average molecular weight is 435 g/mol. The molecule has 0 radical (unpaired) electrons. The number of rotatable bonds is 4. The van der Waals surface area contributed by atoms with Crippen molar-refractivity contribution in [2.75, 3.05) is 26.2 Å². The van der Waals surface area contributed by atoms with E-state index in [9.17, 15) is 9.18 Å². The highest BCUT2D eigenvalue weighted by atomic mass is 35.5. The van der Waals surface area contributed by atoms with Crippen molar-refractivity contribution in [3.05, 3.63) is 69.7 Å². The number of carbonyl (C=O) groups excluding carboxylic acids is 1. The van der Waals surface area contributed by atoms with Crippen molar-refractivity contribution in [3.8, 4) is 11.5 Å². The third kappa shape index (κ3) is 4.58. The molecule has 150 valence electrons. The van der Waals surface area contributed by atoms with E-state index in [1.165, 1.54) is 12.1 Å². The second-order valence-electron chi connectivity index (χ2n) is 6.72. The lowest BCUT2D eigenvalue weighted by molar-refractivity contribution is 0.0624. The van der Waals surface area contributed by atoms with Crippen molar-refractivity contribution in [1.29, 1.82) is 0 Å². The van der Waals surface area contributed by atoms with Crippen LogP contribution in [0.25, 0.3) is 11.5 Å². The van der Waals surface area contributed by atoms with Gasteiger partial charge in [-0.05, 0) is 36.4 Å². The summed E-state index contributed by atoms with van der Waals surface area (Å²) in [4.78, 5) is 20.9. The topological polar surface area (TPSA) is 62.5 Å². The Morgan fingerprint density at radius 1 is 1.07 bits per heavy atom. The van der Waals surface area contributed by atoms with Gasteiger partial charge in [0.1, 0.15) is 5.82 Å². The zero-order chi connectivity index (χ0) is 20.4. The predicted molar refractivity (Wildman–Crippen MR) is 107 cm³/mol. The van der Waals surface area contributed by atoms with Gasteiger partial charge in [0.25, 0.3) is 11.8 Å². The van der Waals surface area contributed by atoms with Crippen molar-refractivity contribution in [2.45, 2.75) is 6.54 Å². The molecule has 1 aliphatic rings.